The molecule has 1 aliphatic rings. The second-order valence-corrected chi connectivity index (χ2v) is 5.68. The van der Waals surface area contributed by atoms with Gasteiger partial charge < -0.3 is 5.73 Å². The van der Waals surface area contributed by atoms with Gasteiger partial charge in [0.25, 0.3) is 0 Å². The molecule has 0 spiro atoms. The van der Waals surface area contributed by atoms with E-state index in [2.05, 4.69) is 11.8 Å². The third-order valence-electron chi connectivity index (χ3n) is 3.73. The summed E-state index contributed by atoms with van der Waals surface area (Å²) < 4.78 is 0. The molecular formula is C14H20Cl2N2. The Labute approximate surface area is 119 Å². The van der Waals surface area contributed by atoms with E-state index in [-0.39, 0.29) is 12.1 Å². The number of benzene rings is 1. The zero-order valence-corrected chi connectivity index (χ0v) is 12.2. The molecule has 18 heavy (non-hydrogen) atoms. The van der Waals surface area contributed by atoms with Crippen LogP contribution in [0.1, 0.15) is 37.8 Å². The van der Waals surface area contributed by atoms with E-state index in [1.165, 1.54) is 12.8 Å². The van der Waals surface area contributed by atoms with Gasteiger partial charge in [-0.2, -0.15) is 0 Å². The smallest absolute Gasteiger partial charge is 0.0528 e. The summed E-state index contributed by atoms with van der Waals surface area (Å²) in [7, 11) is 0. The molecule has 1 heterocycles. The lowest BCUT2D eigenvalue weighted by Crippen LogP contribution is -2.40. The molecule has 0 radical (unpaired) electrons. The van der Waals surface area contributed by atoms with Crippen molar-refractivity contribution in [3.63, 3.8) is 0 Å². The normalized spacial score (nSPS) is 26.0. The third kappa shape index (κ3) is 2.83. The first-order valence-corrected chi connectivity index (χ1v) is 7.34. The lowest BCUT2D eigenvalue weighted by molar-refractivity contribution is 0.195. The van der Waals surface area contributed by atoms with Crippen molar-refractivity contribution in [1.82, 2.24) is 4.90 Å². The summed E-state index contributed by atoms with van der Waals surface area (Å²) in [6.07, 6.45) is 3.40. The van der Waals surface area contributed by atoms with Crippen molar-refractivity contribution in [1.29, 1.82) is 0 Å². The van der Waals surface area contributed by atoms with Gasteiger partial charge in [0.1, 0.15) is 0 Å². The lowest BCUT2D eigenvalue weighted by Gasteiger charge is -2.34. The Kier molecular flexibility index (Phi) is 4.91. The molecule has 1 saturated heterocycles. The maximum Gasteiger partial charge on any atom is 0.0528 e. The minimum Gasteiger partial charge on any atom is -0.326 e. The quantitative estimate of drug-likeness (QED) is 0.894. The first-order valence-electron chi connectivity index (χ1n) is 6.58. The van der Waals surface area contributed by atoms with E-state index in [0.29, 0.717) is 0 Å². The van der Waals surface area contributed by atoms with E-state index >= 15 is 0 Å². The van der Waals surface area contributed by atoms with Crippen LogP contribution in [0.5, 0.6) is 0 Å². The number of nitrogens with zero attached hydrogens (tertiary/aromatic N) is 1. The molecule has 1 aromatic rings. The standard InChI is InChI=1S/C14H20Cl2N2/c1-2-18-9-4-3-8-12(17)14(18)13-10(15)6-5-7-11(13)16/h5-7,12,14H,2-4,8-9,17H2,1H3. The Morgan fingerprint density at radius 2 is 1.94 bits per heavy atom. The Morgan fingerprint density at radius 1 is 1.28 bits per heavy atom. The zero-order chi connectivity index (χ0) is 13.1. The van der Waals surface area contributed by atoms with Crippen molar-refractivity contribution in [2.45, 2.75) is 38.3 Å². The first kappa shape index (κ1) is 14.1. The van der Waals surface area contributed by atoms with E-state index in [1.54, 1.807) is 0 Å². The van der Waals surface area contributed by atoms with Crippen LogP contribution in [-0.4, -0.2) is 24.0 Å². The first-order chi connectivity index (χ1) is 8.65. The molecule has 2 rings (SSSR count). The molecule has 0 amide bonds. The van der Waals surface area contributed by atoms with E-state index in [1.807, 2.05) is 18.2 Å². The predicted molar refractivity (Wildman–Crippen MR) is 78.3 cm³/mol. The molecule has 2 N–H and O–H groups in total. The predicted octanol–water partition coefficient (Wildman–Crippen LogP) is 3.87. The third-order valence-corrected chi connectivity index (χ3v) is 4.39. The zero-order valence-electron chi connectivity index (χ0n) is 10.7. The summed E-state index contributed by atoms with van der Waals surface area (Å²) in [5.41, 5.74) is 7.35. The van der Waals surface area contributed by atoms with Crippen LogP contribution < -0.4 is 5.73 Å². The van der Waals surface area contributed by atoms with E-state index in [4.69, 9.17) is 28.9 Å². The largest absolute Gasteiger partial charge is 0.326 e. The SMILES string of the molecule is CCN1CCCCC(N)C1c1c(Cl)cccc1Cl. The summed E-state index contributed by atoms with van der Waals surface area (Å²) in [5.74, 6) is 0. The molecule has 1 aliphatic heterocycles. The van der Waals surface area contributed by atoms with E-state index in [0.717, 1.165) is 35.1 Å². The van der Waals surface area contributed by atoms with Gasteiger partial charge in [-0.05, 0) is 38.1 Å². The van der Waals surface area contributed by atoms with Crippen LogP contribution in [0.15, 0.2) is 18.2 Å². The molecule has 4 heteroatoms. The summed E-state index contributed by atoms with van der Waals surface area (Å²) >= 11 is 12.7. The van der Waals surface area contributed by atoms with Crippen molar-refractivity contribution in [2.75, 3.05) is 13.1 Å². The summed E-state index contributed by atoms with van der Waals surface area (Å²) in [4.78, 5) is 2.39. The number of likely N-dealkylation sites (tertiary alicyclic amines) is 1. The number of nitrogens with two attached hydrogens (primary N) is 1. The van der Waals surface area contributed by atoms with Crippen molar-refractivity contribution < 1.29 is 0 Å². The highest BCUT2D eigenvalue weighted by Gasteiger charge is 2.30. The van der Waals surface area contributed by atoms with Crippen LogP contribution in [0.3, 0.4) is 0 Å². The summed E-state index contributed by atoms with van der Waals surface area (Å²) in [5, 5.41) is 1.45. The van der Waals surface area contributed by atoms with Crippen molar-refractivity contribution in [3.05, 3.63) is 33.8 Å². The van der Waals surface area contributed by atoms with Gasteiger partial charge >= 0.3 is 0 Å². The fraction of sp³-hybridized carbons (Fsp3) is 0.571. The van der Waals surface area contributed by atoms with Crippen molar-refractivity contribution in [2.24, 2.45) is 5.73 Å². The number of hydrogen-bond acceptors (Lipinski definition) is 2. The molecule has 1 fully saturated rings. The summed E-state index contributed by atoms with van der Waals surface area (Å²) in [6.45, 7) is 4.20. The molecule has 0 saturated carbocycles. The van der Waals surface area contributed by atoms with Crippen LogP contribution in [0.25, 0.3) is 0 Å². The van der Waals surface area contributed by atoms with Crippen molar-refractivity contribution in [3.8, 4) is 0 Å². The highest BCUT2D eigenvalue weighted by Crippen LogP contribution is 2.37. The van der Waals surface area contributed by atoms with Gasteiger partial charge in [-0.15, -0.1) is 0 Å². The van der Waals surface area contributed by atoms with Gasteiger partial charge in [0.2, 0.25) is 0 Å². The van der Waals surface area contributed by atoms with Gasteiger partial charge in [-0.1, -0.05) is 42.6 Å². The molecule has 2 nitrogen and oxygen atoms in total. The Hall–Kier alpha value is -0.280. The minimum atomic E-state index is 0.102. The van der Waals surface area contributed by atoms with Crippen LogP contribution in [-0.2, 0) is 0 Å². The molecule has 0 bridgehead atoms. The molecule has 100 valence electrons. The van der Waals surface area contributed by atoms with Gasteiger partial charge in [-0.3, -0.25) is 4.90 Å². The lowest BCUT2D eigenvalue weighted by atomic mass is 9.96. The van der Waals surface area contributed by atoms with Gasteiger partial charge in [0, 0.05) is 21.7 Å². The number of hydrogen-bond donors (Lipinski definition) is 1. The number of rotatable bonds is 2. The monoisotopic (exact) mass is 286 g/mol. The average Bonchev–Trinajstić information content (AvgIpc) is 2.52. The second kappa shape index (κ2) is 6.25. The van der Waals surface area contributed by atoms with Crippen LogP contribution in [0, 0.1) is 0 Å². The second-order valence-electron chi connectivity index (χ2n) is 4.87. The van der Waals surface area contributed by atoms with Crippen LogP contribution in [0.2, 0.25) is 10.0 Å². The number of likely N-dealkylation sites (N-methyl/N-ethyl adjacent to an activating group) is 1. The van der Waals surface area contributed by atoms with Crippen LogP contribution in [0.4, 0.5) is 0 Å². The molecule has 2 unspecified atom stereocenters. The highest BCUT2D eigenvalue weighted by atomic mass is 35.5. The van der Waals surface area contributed by atoms with Crippen molar-refractivity contribution >= 4 is 23.2 Å². The van der Waals surface area contributed by atoms with E-state index in [9.17, 15) is 0 Å². The fourth-order valence-electron chi connectivity index (χ4n) is 2.81. The molecule has 1 aromatic carbocycles. The highest BCUT2D eigenvalue weighted by molar-refractivity contribution is 6.36. The Bertz CT molecular complexity index is 389. The maximum atomic E-state index is 6.36. The van der Waals surface area contributed by atoms with Gasteiger partial charge in [0.05, 0.1) is 6.04 Å². The topological polar surface area (TPSA) is 29.3 Å². The van der Waals surface area contributed by atoms with Gasteiger partial charge in [-0.25, -0.2) is 0 Å². The number of halogens is 2. The Balaban J connectivity index is 2.43. The Morgan fingerprint density at radius 3 is 2.56 bits per heavy atom. The molecular weight excluding hydrogens is 267 g/mol. The average molecular weight is 287 g/mol. The molecule has 0 aromatic heterocycles. The summed E-state index contributed by atoms with van der Waals surface area (Å²) in [6, 6.07) is 5.92. The fourth-order valence-corrected chi connectivity index (χ4v) is 3.43. The maximum absolute atomic E-state index is 6.36. The molecule has 0 aliphatic carbocycles. The van der Waals surface area contributed by atoms with E-state index < -0.39 is 0 Å². The molecule has 2 atom stereocenters. The van der Waals surface area contributed by atoms with Crippen LogP contribution >= 0.6 is 23.2 Å². The minimum absolute atomic E-state index is 0.102. The van der Waals surface area contributed by atoms with Gasteiger partial charge in [0.15, 0.2) is 0 Å².